The molecule has 0 spiro atoms. The van der Waals surface area contributed by atoms with E-state index in [0.717, 1.165) is 11.6 Å². The van der Waals surface area contributed by atoms with Crippen LogP contribution < -0.4 is 4.18 Å². The van der Waals surface area contributed by atoms with Crippen molar-refractivity contribution in [2.45, 2.75) is 11.8 Å². The van der Waals surface area contributed by atoms with Crippen LogP contribution in [0.25, 0.3) is 0 Å². The highest BCUT2D eigenvalue weighted by Crippen LogP contribution is 2.33. The van der Waals surface area contributed by atoms with E-state index < -0.39 is 10.1 Å². The maximum atomic E-state index is 12.7. The van der Waals surface area contributed by atoms with E-state index in [2.05, 4.69) is 10.2 Å². The molecule has 0 unspecified atom stereocenters. The molecule has 2 N–H and O–H groups in total. The maximum Gasteiger partial charge on any atom is 0.341 e. The number of aryl methyl sites for hydroxylation is 1. The van der Waals surface area contributed by atoms with Crippen LogP contribution >= 0.6 is 0 Å². The molecular weight excluding hydrogens is 368 g/mol. The number of nitrogens with zero attached hydrogens (tertiary/aromatic N) is 2. The molecule has 7 nitrogen and oxygen atoms in total. The topological polar surface area (TPSA) is 109 Å². The average molecular weight is 384 g/mol. The zero-order valence-electron chi connectivity index (χ0n) is 14.3. The van der Waals surface area contributed by atoms with Crippen molar-refractivity contribution in [3.05, 3.63) is 72.3 Å². The quantitative estimate of drug-likeness (QED) is 0.494. The summed E-state index contributed by atoms with van der Waals surface area (Å²) in [7, 11) is -4.14. The fraction of sp³-hybridized carbons (Fsp3) is 0.0526. The average Bonchev–Trinajstić information content (AvgIpc) is 2.61. The standard InChI is InChI=1S/C19H16N2O5S/c1-13-7-10-19(27(24,25)26-15-5-3-2-4-6-15)17(11-13)21-20-16-9-8-14(22)12-18(16)23/h2-12,22-23H,1H3. The van der Waals surface area contributed by atoms with Crippen LogP contribution in [0.4, 0.5) is 11.4 Å². The van der Waals surface area contributed by atoms with Gasteiger partial charge in [-0.3, -0.25) is 0 Å². The number of hydrogen-bond acceptors (Lipinski definition) is 7. The van der Waals surface area contributed by atoms with Gasteiger partial charge in [0, 0.05) is 6.07 Å². The normalized spacial score (nSPS) is 11.6. The summed E-state index contributed by atoms with van der Waals surface area (Å²) >= 11 is 0. The van der Waals surface area contributed by atoms with E-state index in [0.29, 0.717) is 0 Å². The Bertz CT molecular complexity index is 1100. The lowest BCUT2D eigenvalue weighted by Gasteiger charge is -2.09. The van der Waals surface area contributed by atoms with Gasteiger partial charge in [0.15, 0.2) is 0 Å². The predicted octanol–water partition coefficient (Wildman–Crippen LogP) is 4.59. The number of para-hydroxylation sites is 1. The van der Waals surface area contributed by atoms with Gasteiger partial charge < -0.3 is 14.4 Å². The second-order valence-electron chi connectivity index (χ2n) is 5.69. The number of aromatic hydroxyl groups is 2. The largest absolute Gasteiger partial charge is 0.508 e. The molecule has 0 bridgehead atoms. The van der Waals surface area contributed by atoms with Crippen molar-refractivity contribution >= 4 is 21.5 Å². The summed E-state index contributed by atoms with van der Waals surface area (Å²) in [5, 5.41) is 27.0. The van der Waals surface area contributed by atoms with Crippen LogP contribution in [0, 0.1) is 6.92 Å². The Morgan fingerprint density at radius 2 is 1.56 bits per heavy atom. The Morgan fingerprint density at radius 3 is 2.26 bits per heavy atom. The van der Waals surface area contributed by atoms with E-state index in [-0.39, 0.29) is 33.5 Å². The first kappa shape index (κ1) is 18.4. The summed E-state index contributed by atoms with van der Waals surface area (Å²) in [5.41, 5.74) is 0.928. The lowest BCUT2D eigenvalue weighted by Crippen LogP contribution is -2.10. The lowest BCUT2D eigenvalue weighted by atomic mass is 10.2. The third-order valence-corrected chi connectivity index (χ3v) is 4.85. The van der Waals surface area contributed by atoms with Crippen LogP contribution in [0.5, 0.6) is 17.2 Å². The second-order valence-corrected chi connectivity index (χ2v) is 7.21. The second kappa shape index (κ2) is 7.46. The summed E-state index contributed by atoms with van der Waals surface area (Å²) in [6, 6.07) is 16.5. The van der Waals surface area contributed by atoms with Gasteiger partial charge in [-0.05, 0) is 48.9 Å². The smallest absolute Gasteiger partial charge is 0.341 e. The molecule has 8 heteroatoms. The van der Waals surface area contributed by atoms with Crippen molar-refractivity contribution < 1.29 is 22.8 Å². The van der Waals surface area contributed by atoms with E-state index >= 15 is 0 Å². The first-order valence-electron chi connectivity index (χ1n) is 7.89. The highest BCUT2D eigenvalue weighted by Gasteiger charge is 2.21. The van der Waals surface area contributed by atoms with Crippen LogP contribution in [0.2, 0.25) is 0 Å². The molecule has 0 saturated carbocycles. The van der Waals surface area contributed by atoms with Gasteiger partial charge >= 0.3 is 10.1 Å². The zero-order chi connectivity index (χ0) is 19.4. The maximum absolute atomic E-state index is 12.7. The van der Waals surface area contributed by atoms with Crippen molar-refractivity contribution in [1.82, 2.24) is 0 Å². The van der Waals surface area contributed by atoms with Crippen LogP contribution in [0.15, 0.2) is 81.9 Å². The molecule has 0 aliphatic carbocycles. The fourth-order valence-corrected chi connectivity index (χ4v) is 3.31. The molecule has 0 atom stereocenters. The summed E-state index contributed by atoms with van der Waals surface area (Å²) in [4.78, 5) is -0.154. The van der Waals surface area contributed by atoms with E-state index in [9.17, 15) is 18.6 Å². The summed E-state index contributed by atoms with van der Waals surface area (Å²) in [5.74, 6) is -0.227. The minimum atomic E-state index is -4.14. The molecule has 27 heavy (non-hydrogen) atoms. The Kier molecular flexibility index (Phi) is 5.09. The molecule has 138 valence electrons. The predicted molar refractivity (Wildman–Crippen MR) is 99.4 cm³/mol. The molecule has 0 aromatic heterocycles. The number of rotatable bonds is 5. The van der Waals surface area contributed by atoms with Crippen LogP contribution in [0.1, 0.15) is 5.56 Å². The van der Waals surface area contributed by atoms with Gasteiger partial charge in [-0.25, -0.2) is 0 Å². The van der Waals surface area contributed by atoms with Crippen molar-refractivity contribution in [2.24, 2.45) is 10.2 Å². The fourth-order valence-electron chi connectivity index (χ4n) is 2.27. The Labute approximate surface area is 156 Å². The van der Waals surface area contributed by atoms with Crippen molar-refractivity contribution in [3.8, 4) is 17.2 Å². The monoisotopic (exact) mass is 384 g/mol. The van der Waals surface area contributed by atoms with E-state index in [1.807, 2.05) is 0 Å². The number of phenolic OH excluding ortho intramolecular Hbond substituents is 2. The highest BCUT2D eigenvalue weighted by atomic mass is 32.2. The molecule has 0 amide bonds. The van der Waals surface area contributed by atoms with Gasteiger partial charge in [0.25, 0.3) is 0 Å². The molecule has 0 radical (unpaired) electrons. The zero-order valence-corrected chi connectivity index (χ0v) is 15.1. The third-order valence-electron chi connectivity index (χ3n) is 3.56. The molecule has 0 aliphatic rings. The summed E-state index contributed by atoms with van der Waals surface area (Å²) in [6.07, 6.45) is 0. The van der Waals surface area contributed by atoms with Gasteiger partial charge in [-0.2, -0.15) is 8.42 Å². The van der Waals surface area contributed by atoms with Crippen LogP contribution in [-0.2, 0) is 10.1 Å². The van der Waals surface area contributed by atoms with Crippen molar-refractivity contribution in [3.63, 3.8) is 0 Å². The van der Waals surface area contributed by atoms with E-state index in [1.165, 1.54) is 30.3 Å². The molecular formula is C19H16N2O5S. The lowest BCUT2D eigenvalue weighted by molar-refractivity contribution is 0.451. The van der Waals surface area contributed by atoms with Gasteiger partial charge in [0.05, 0.1) is 0 Å². The molecule has 0 fully saturated rings. The van der Waals surface area contributed by atoms with Crippen molar-refractivity contribution in [2.75, 3.05) is 0 Å². The Morgan fingerprint density at radius 1 is 0.852 bits per heavy atom. The van der Waals surface area contributed by atoms with E-state index in [4.69, 9.17) is 4.18 Å². The number of phenols is 2. The van der Waals surface area contributed by atoms with E-state index in [1.54, 1.807) is 37.3 Å². The minimum Gasteiger partial charge on any atom is -0.508 e. The Hall–Kier alpha value is -3.39. The summed E-state index contributed by atoms with van der Waals surface area (Å²) in [6.45, 7) is 1.78. The molecule has 3 aromatic carbocycles. The molecule has 0 aliphatic heterocycles. The SMILES string of the molecule is Cc1ccc(S(=O)(=O)Oc2ccccc2)c(N=Nc2ccc(O)cc2O)c1. The van der Waals surface area contributed by atoms with Gasteiger partial charge in [0.2, 0.25) is 0 Å². The highest BCUT2D eigenvalue weighted by molar-refractivity contribution is 7.87. The third kappa shape index (κ3) is 4.42. The van der Waals surface area contributed by atoms with Crippen LogP contribution in [0.3, 0.4) is 0 Å². The van der Waals surface area contributed by atoms with Gasteiger partial charge in [0.1, 0.15) is 33.5 Å². The summed E-state index contributed by atoms with van der Waals surface area (Å²) < 4.78 is 30.4. The van der Waals surface area contributed by atoms with Gasteiger partial charge in [-0.1, -0.05) is 24.3 Å². The molecule has 0 heterocycles. The number of benzene rings is 3. The van der Waals surface area contributed by atoms with Crippen LogP contribution in [-0.4, -0.2) is 18.6 Å². The number of hydrogen-bond donors (Lipinski definition) is 2. The minimum absolute atomic E-state index is 0.0680. The van der Waals surface area contributed by atoms with Crippen molar-refractivity contribution in [1.29, 1.82) is 0 Å². The first-order valence-corrected chi connectivity index (χ1v) is 9.30. The molecule has 3 rings (SSSR count). The molecule has 3 aromatic rings. The van der Waals surface area contributed by atoms with Gasteiger partial charge in [-0.15, -0.1) is 10.2 Å². The Balaban J connectivity index is 1.99. The number of azo groups is 1. The first-order chi connectivity index (χ1) is 12.8. The molecule has 0 saturated heterocycles.